The Kier molecular flexibility index (Phi) is 8.21. The second-order valence-corrected chi connectivity index (χ2v) is 5.53. The first-order valence-electron chi connectivity index (χ1n) is 7.77. The largest absolute Gasteiger partial charge is 0.391 e. The molecule has 0 radical (unpaired) electrons. The van der Waals surface area contributed by atoms with E-state index in [-0.39, 0.29) is 7.43 Å². The molecule has 0 saturated heterocycles. The fourth-order valence-corrected chi connectivity index (χ4v) is 2.20. The highest BCUT2D eigenvalue weighted by molar-refractivity contribution is 5.97. The molecule has 2 aromatic carbocycles. The van der Waals surface area contributed by atoms with Crippen LogP contribution in [0.15, 0.2) is 54.6 Å². The van der Waals surface area contributed by atoms with Crippen LogP contribution < -0.4 is 10.8 Å². The second kappa shape index (κ2) is 10.1. The number of hydroxylamine groups is 1. The SMILES string of the molecule is C.C[C@@H](O)[C@H](NC(=O)c1ccc(/C=C/c2ccccc2)cc1)C(=O)NO. The fourth-order valence-electron chi connectivity index (χ4n) is 2.20. The summed E-state index contributed by atoms with van der Waals surface area (Å²) in [7, 11) is 0. The van der Waals surface area contributed by atoms with Crippen LogP contribution >= 0.6 is 0 Å². The molecule has 2 rings (SSSR count). The van der Waals surface area contributed by atoms with Crippen LogP contribution in [0.3, 0.4) is 0 Å². The predicted molar refractivity (Wildman–Crippen MR) is 101 cm³/mol. The van der Waals surface area contributed by atoms with Gasteiger partial charge in [-0.15, -0.1) is 0 Å². The van der Waals surface area contributed by atoms with Gasteiger partial charge in [0, 0.05) is 5.56 Å². The molecule has 0 spiro atoms. The maximum atomic E-state index is 12.2. The van der Waals surface area contributed by atoms with E-state index in [9.17, 15) is 14.7 Å². The molecule has 0 saturated carbocycles. The van der Waals surface area contributed by atoms with Crippen LogP contribution in [0.25, 0.3) is 12.2 Å². The number of hydrogen-bond acceptors (Lipinski definition) is 4. The van der Waals surface area contributed by atoms with Crippen molar-refractivity contribution >= 4 is 24.0 Å². The molecule has 6 nitrogen and oxygen atoms in total. The van der Waals surface area contributed by atoms with Gasteiger partial charge in [0.2, 0.25) is 0 Å². The van der Waals surface area contributed by atoms with Gasteiger partial charge < -0.3 is 10.4 Å². The van der Waals surface area contributed by atoms with Crippen molar-refractivity contribution in [3.05, 3.63) is 71.3 Å². The molecule has 2 aromatic rings. The average Bonchev–Trinajstić information content (AvgIpc) is 2.64. The van der Waals surface area contributed by atoms with E-state index in [2.05, 4.69) is 5.32 Å². The first-order chi connectivity index (χ1) is 12.0. The molecule has 138 valence electrons. The highest BCUT2D eigenvalue weighted by Crippen LogP contribution is 2.10. The van der Waals surface area contributed by atoms with E-state index in [1.54, 1.807) is 24.3 Å². The molecule has 0 aliphatic rings. The zero-order valence-corrected chi connectivity index (χ0v) is 13.7. The lowest BCUT2D eigenvalue weighted by Crippen LogP contribution is -2.51. The van der Waals surface area contributed by atoms with Gasteiger partial charge in [0.1, 0.15) is 6.04 Å². The second-order valence-electron chi connectivity index (χ2n) is 5.53. The summed E-state index contributed by atoms with van der Waals surface area (Å²) in [5, 5.41) is 20.6. The van der Waals surface area contributed by atoms with Crippen LogP contribution in [0.2, 0.25) is 0 Å². The van der Waals surface area contributed by atoms with E-state index in [0.717, 1.165) is 11.1 Å². The standard InChI is InChI=1S/C19H20N2O4.CH4/c1-13(22)17(19(24)21-25)20-18(23)16-11-9-15(10-12-16)8-7-14-5-3-2-4-6-14;/h2-13,17,22,25H,1H3,(H,20,23)(H,21,24);1H4/b8-7+;/t13-,17+;/m1./s1. The first kappa shape index (κ1) is 21.1. The van der Waals surface area contributed by atoms with Crippen molar-refractivity contribution in [3.8, 4) is 0 Å². The molecule has 0 aromatic heterocycles. The molecule has 0 fully saturated rings. The third-order valence-electron chi connectivity index (χ3n) is 3.60. The summed E-state index contributed by atoms with van der Waals surface area (Å²) in [6, 6.07) is 15.4. The van der Waals surface area contributed by atoms with E-state index in [0.29, 0.717) is 5.56 Å². The zero-order valence-electron chi connectivity index (χ0n) is 13.7. The highest BCUT2D eigenvalue weighted by Gasteiger charge is 2.25. The monoisotopic (exact) mass is 356 g/mol. The number of aliphatic hydroxyl groups is 1. The van der Waals surface area contributed by atoms with Crippen molar-refractivity contribution in [1.29, 1.82) is 0 Å². The number of amides is 2. The third-order valence-corrected chi connectivity index (χ3v) is 3.60. The number of carbonyl (C=O) groups excluding carboxylic acids is 2. The van der Waals surface area contributed by atoms with Crippen molar-refractivity contribution in [2.45, 2.75) is 26.5 Å². The Morgan fingerprint density at radius 2 is 1.50 bits per heavy atom. The summed E-state index contributed by atoms with van der Waals surface area (Å²) in [5.74, 6) is -1.40. The molecular formula is C20H24N2O4. The molecule has 0 aliphatic carbocycles. The summed E-state index contributed by atoms with van der Waals surface area (Å²) in [6.07, 6.45) is 2.74. The summed E-state index contributed by atoms with van der Waals surface area (Å²) in [4.78, 5) is 23.6. The van der Waals surface area contributed by atoms with E-state index in [1.165, 1.54) is 12.4 Å². The summed E-state index contributed by atoms with van der Waals surface area (Å²) >= 11 is 0. The van der Waals surface area contributed by atoms with Crippen molar-refractivity contribution in [1.82, 2.24) is 10.8 Å². The Morgan fingerprint density at radius 1 is 0.962 bits per heavy atom. The molecule has 2 atom stereocenters. The van der Waals surface area contributed by atoms with Crippen LogP contribution in [0.1, 0.15) is 35.8 Å². The Hall–Kier alpha value is -2.96. The van der Waals surface area contributed by atoms with Crippen molar-refractivity contribution in [2.24, 2.45) is 0 Å². The minimum absolute atomic E-state index is 0. The van der Waals surface area contributed by atoms with Crippen LogP contribution in [0, 0.1) is 0 Å². The number of carbonyl (C=O) groups is 2. The third kappa shape index (κ3) is 5.84. The van der Waals surface area contributed by atoms with Crippen molar-refractivity contribution in [3.63, 3.8) is 0 Å². The van der Waals surface area contributed by atoms with Crippen molar-refractivity contribution < 1.29 is 19.9 Å². The van der Waals surface area contributed by atoms with Gasteiger partial charge in [-0.1, -0.05) is 62.0 Å². The lowest BCUT2D eigenvalue weighted by Gasteiger charge is -2.19. The van der Waals surface area contributed by atoms with Gasteiger partial charge in [0.15, 0.2) is 0 Å². The minimum Gasteiger partial charge on any atom is -0.391 e. The van der Waals surface area contributed by atoms with Crippen LogP contribution in [0.5, 0.6) is 0 Å². The Balaban J connectivity index is 0.00000338. The minimum atomic E-state index is -1.24. The van der Waals surface area contributed by atoms with Crippen molar-refractivity contribution in [2.75, 3.05) is 0 Å². The summed E-state index contributed by atoms with van der Waals surface area (Å²) in [6.45, 7) is 1.34. The summed E-state index contributed by atoms with van der Waals surface area (Å²) < 4.78 is 0. The van der Waals surface area contributed by atoms with Gasteiger partial charge in [-0.05, 0) is 30.2 Å². The smallest absolute Gasteiger partial charge is 0.268 e. The number of aliphatic hydroxyl groups excluding tert-OH is 1. The summed E-state index contributed by atoms with van der Waals surface area (Å²) in [5.41, 5.74) is 3.75. The van der Waals surface area contributed by atoms with Crippen LogP contribution in [-0.2, 0) is 4.79 Å². The maximum Gasteiger partial charge on any atom is 0.268 e. The van der Waals surface area contributed by atoms with Gasteiger partial charge in [-0.25, -0.2) is 5.48 Å². The zero-order chi connectivity index (χ0) is 18.2. The number of benzene rings is 2. The fraction of sp³-hybridized carbons (Fsp3) is 0.200. The Morgan fingerprint density at radius 3 is 2.00 bits per heavy atom. The average molecular weight is 356 g/mol. The van der Waals surface area contributed by atoms with Gasteiger partial charge in [0.25, 0.3) is 11.8 Å². The molecule has 0 heterocycles. The molecular weight excluding hydrogens is 332 g/mol. The molecule has 6 heteroatoms. The van der Waals surface area contributed by atoms with Crippen LogP contribution in [0.4, 0.5) is 0 Å². The predicted octanol–water partition coefficient (Wildman–Crippen LogP) is 2.48. The lowest BCUT2D eigenvalue weighted by atomic mass is 10.1. The molecule has 0 bridgehead atoms. The number of rotatable bonds is 6. The topological polar surface area (TPSA) is 98.7 Å². The molecule has 2 amide bonds. The van der Waals surface area contributed by atoms with Gasteiger partial charge in [-0.3, -0.25) is 14.8 Å². The maximum absolute atomic E-state index is 12.2. The van der Waals surface area contributed by atoms with Gasteiger partial charge >= 0.3 is 0 Å². The van der Waals surface area contributed by atoms with E-state index >= 15 is 0 Å². The van der Waals surface area contributed by atoms with Gasteiger partial charge in [-0.2, -0.15) is 0 Å². The Bertz CT molecular complexity index is 740. The van der Waals surface area contributed by atoms with E-state index < -0.39 is 24.0 Å². The number of hydrogen-bond donors (Lipinski definition) is 4. The molecule has 26 heavy (non-hydrogen) atoms. The Labute approximate surface area is 153 Å². The normalized spacial score (nSPS) is 12.7. The molecule has 4 N–H and O–H groups in total. The molecule has 0 unspecified atom stereocenters. The quantitative estimate of drug-likeness (QED) is 0.363. The number of nitrogens with one attached hydrogen (secondary N) is 2. The van der Waals surface area contributed by atoms with E-state index in [4.69, 9.17) is 5.21 Å². The first-order valence-corrected chi connectivity index (χ1v) is 7.77. The lowest BCUT2D eigenvalue weighted by molar-refractivity contribution is -0.133. The van der Waals surface area contributed by atoms with E-state index in [1.807, 2.05) is 42.5 Å². The molecule has 0 aliphatic heterocycles. The highest BCUT2D eigenvalue weighted by atomic mass is 16.5. The van der Waals surface area contributed by atoms with Gasteiger partial charge in [0.05, 0.1) is 6.10 Å². The van der Waals surface area contributed by atoms with Crippen LogP contribution in [-0.4, -0.2) is 34.3 Å².